The lowest BCUT2D eigenvalue weighted by Gasteiger charge is -2.40. The van der Waals surface area contributed by atoms with Crippen molar-refractivity contribution >= 4 is 17.5 Å². The largest absolute Gasteiger partial charge is 0.305 e. The molecule has 1 aliphatic heterocycles. The third-order valence-electron chi connectivity index (χ3n) is 4.11. The van der Waals surface area contributed by atoms with Crippen LogP contribution in [0.15, 0.2) is 30.1 Å². The molecule has 1 aromatic rings. The molecule has 1 aliphatic rings. The molecule has 4 heteroatoms. The molecule has 0 aromatic heterocycles. The highest BCUT2D eigenvalue weighted by Gasteiger charge is 2.39. The van der Waals surface area contributed by atoms with Gasteiger partial charge in [-0.3, -0.25) is 14.5 Å². The van der Waals surface area contributed by atoms with Gasteiger partial charge in [0, 0.05) is 18.8 Å². The van der Waals surface area contributed by atoms with E-state index in [-0.39, 0.29) is 17.7 Å². The SMILES string of the molecule is CC(=O)N1C=C(C)N(c2c(C)cccc2C)C(=O)C1C(C)C. The zero-order valence-electron chi connectivity index (χ0n) is 14.2. The van der Waals surface area contributed by atoms with E-state index in [0.717, 1.165) is 22.5 Å². The van der Waals surface area contributed by atoms with Crippen LogP contribution in [-0.2, 0) is 9.59 Å². The fourth-order valence-corrected chi connectivity index (χ4v) is 3.10. The molecule has 0 spiro atoms. The number of carbonyl (C=O) groups is 2. The van der Waals surface area contributed by atoms with E-state index in [9.17, 15) is 9.59 Å². The Morgan fingerprint density at radius 1 is 1.14 bits per heavy atom. The van der Waals surface area contributed by atoms with E-state index in [1.54, 1.807) is 16.0 Å². The number of benzene rings is 1. The summed E-state index contributed by atoms with van der Waals surface area (Å²) in [6, 6.07) is 5.54. The van der Waals surface area contributed by atoms with Gasteiger partial charge < -0.3 is 4.90 Å². The van der Waals surface area contributed by atoms with Crippen molar-refractivity contribution in [3.8, 4) is 0 Å². The van der Waals surface area contributed by atoms with E-state index in [2.05, 4.69) is 0 Å². The number of para-hydroxylation sites is 1. The summed E-state index contributed by atoms with van der Waals surface area (Å²) in [5.74, 6) is -0.0947. The molecular weight excluding hydrogens is 276 g/mol. The van der Waals surface area contributed by atoms with Crippen LogP contribution in [0, 0.1) is 19.8 Å². The number of aryl methyl sites for hydroxylation is 2. The van der Waals surface area contributed by atoms with Gasteiger partial charge in [0.1, 0.15) is 6.04 Å². The van der Waals surface area contributed by atoms with Crippen molar-refractivity contribution in [2.24, 2.45) is 5.92 Å². The minimum atomic E-state index is -0.458. The highest BCUT2D eigenvalue weighted by atomic mass is 16.2. The molecule has 1 heterocycles. The third kappa shape index (κ3) is 2.65. The Bertz CT molecular complexity index is 626. The molecule has 4 nitrogen and oxygen atoms in total. The summed E-state index contributed by atoms with van der Waals surface area (Å²) >= 11 is 0. The summed E-state index contributed by atoms with van der Waals surface area (Å²) in [5.41, 5.74) is 3.81. The zero-order chi connectivity index (χ0) is 16.6. The van der Waals surface area contributed by atoms with Crippen molar-refractivity contribution in [1.29, 1.82) is 0 Å². The summed E-state index contributed by atoms with van der Waals surface area (Å²) in [6.45, 7) is 11.3. The van der Waals surface area contributed by atoms with Crippen LogP contribution < -0.4 is 4.90 Å². The average molecular weight is 300 g/mol. The van der Waals surface area contributed by atoms with E-state index in [1.165, 1.54) is 6.92 Å². The van der Waals surface area contributed by atoms with Crippen LogP contribution in [0.25, 0.3) is 0 Å². The van der Waals surface area contributed by atoms with E-state index >= 15 is 0 Å². The summed E-state index contributed by atoms with van der Waals surface area (Å²) in [6.07, 6.45) is 1.79. The van der Waals surface area contributed by atoms with Crippen molar-refractivity contribution in [3.63, 3.8) is 0 Å². The molecule has 0 N–H and O–H groups in total. The van der Waals surface area contributed by atoms with Crippen molar-refractivity contribution in [2.75, 3.05) is 4.90 Å². The lowest BCUT2D eigenvalue weighted by Crippen LogP contribution is -2.54. The van der Waals surface area contributed by atoms with Gasteiger partial charge in [-0.25, -0.2) is 0 Å². The first-order valence-electron chi connectivity index (χ1n) is 7.63. The molecule has 0 saturated carbocycles. The molecule has 0 saturated heterocycles. The van der Waals surface area contributed by atoms with Gasteiger partial charge in [-0.05, 0) is 37.8 Å². The van der Waals surface area contributed by atoms with Gasteiger partial charge in [0.15, 0.2) is 0 Å². The molecule has 1 aromatic carbocycles. The number of hydrogen-bond acceptors (Lipinski definition) is 2. The van der Waals surface area contributed by atoms with Gasteiger partial charge in [-0.2, -0.15) is 0 Å². The Morgan fingerprint density at radius 2 is 1.68 bits per heavy atom. The van der Waals surface area contributed by atoms with Crippen LogP contribution >= 0.6 is 0 Å². The summed E-state index contributed by atoms with van der Waals surface area (Å²) < 4.78 is 0. The molecule has 2 rings (SSSR count). The van der Waals surface area contributed by atoms with Gasteiger partial charge in [-0.1, -0.05) is 32.0 Å². The lowest BCUT2D eigenvalue weighted by atomic mass is 9.97. The Labute approximate surface area is 132 Å². The van der Waals surface area contributed by atoms with E-state index in [1.807, 2.05) is 52.8 Å². The smallest absolute Gasteiger partial charge is 0.254 e. The first-order chi connectivity index (χ1) is 10.3. The fraction of sp³-hybridized carbons (Fsp3) is 0.444. The van der Waals surface area contributed by atoms with Crippen molar-refractivity contribution < 1.29 is 9.59 Å². The third-order valence-corrected chi connectivity index (χ3v) is 4.11. The number of anilines is 1. The molecule has 22 heavy (non-hydrogen) atoms. The zero-order valence-corrected chi connectivity index (χ0v) is 14.2. The normalized spacial score (nSPS) is 18.8. The van der Waals surface area contributed by atoms with E-state index < -0.39 is 6.04 Å². The first-order valence-corrected chi connectivity index (χ1v) is 7.63. The Hall–Kier alpha value is -2.10. The summed E-state index contributed by atoms with van der Waals surface area (Å²) in [7, 11) is 0. The molecule has 2 amide bonds. The van der Waals surface area contributed by atoms with Crippen LogP contribution in [0.1, 0.15) is 38.8 Å². The maximum absolute atomic E-state index is 13.1. The standard InChI is InChI=1S/C18H24N2O2/c1-11(2)16-18(22)20(14(5)10-19(16)15(6)21)17-12(3)8-7-9-13(17)4/h7-11,16H,1-6H3. The molecule has 0 aliphatic carbocycles. The first kappa shape index (κ1) is 16.3. The number of rotatable bonds is 2. The topological polar surface area (TPSA) is 40.6 Å². The maximum Gasteiger partial charge on any atom is 0.254 e. The number of nitrogens with zero attached hydrogens (tertiary/aromatic N) is 2. The van der Waals surface area contributed by atoms with Crippen molar-refractivity contribution in [2.45, 2.75) is 47.6 Å². The van der Waals surface area contributed by atoms with Crippen molar-refractivity contribution in [3.05, 3.63) is 41.2 Å². The monoisotopic (exact) mass is 300 g/mol. The molecule has 0 fully saturated rings. The van der Waals surface area contributed by atoms with Gasteiger partial charge in [-0.15, -0.1) is 0 Å². The van der Waals surface area contributed by atoms with Crippen LogP contribution in [-0.4, -0.2) is 22.8 Å². The Balaban J connectivity index is 2.61. The van der Waals surface area contributed by atoms with E-state index in [4.69, 9.17) is 0 Å². The van der Waals surface area contributed by atoms with Crippen LogP contribution in [0.5, 0.6) is 0 Å². The van der Waals surface area contributed by atoms with Crippen LogP contribution in [0.4, 0.5) is 5.69 Å². The van der Waals surface area contributed by atoms with Gasteiger partial charge in [0.05, 0.1) is 5.69 Å². The minimum absolute atomic E-state index is 0.0393. The highest BCUT2D eigenvalue weighted by Crippen LogP contribution is 2.33. The Morgan fingerprint density at radius 3 is 2.14 bits per heavy atom. The number of carbonyl (C=O) groups excluding carboxylic acids is 2. The van der Waals surface area contributed by atoms with Crippen LogP contribution in [0.2, 0.25) is 0 Å². The quantitative estimate of drug-likeness (QED) is 0.840. The second-order valence-electron chi connectivity index (χ2n) is 6.30. The van der Waals surface area contributed by atoms with Gasteiger partial charge >= 0.3 is 0 Å². The molecular formula is C18H24N2O2. The van der Waals surface area contributed by atoms with E-state index in [0.29, 0.717) is 0 Å². The summed E-state index contributed by atoms with van der Waals surface area (Å²) in [5, 5.41) is 0. The number of amides is 2. The predicted octanol–water partition coefficient (Wildman–Crippen LogP) is 3.38. The molecule has 0 bridgehead atoms. The van der Waals surface area contributed by atoms with Gasteiger partial charge in [0.2, 0.25) is 5.91 Å². The highest BCUT2D eigenvalue weighted by molar-refractivity contribution is 6.04. The molecule has 1 unspecified atom stereocenters. The average Bonchev–Trinajstić information content (AvgIpc) is 2.40. The lowest BCUT2D eigenvalue weighted by molar-refractivity contribution is -0.137. The molecule has 118 valence electrons. The van der Waals surface area contributed by atoms with Crippen molar-refractivity contribution in [1.82, 2.24) is 4.90 Å². The minimum Gasteiger partial charge on any atom is -0.305 e. The molecule has 0 radical (unpaired) electrons. The number of hydrogen-bond donors (Lipinski definition) is 0. The summed E-state index contributed by atoms with van der Waals surface area (Å²) in [4.78, 5) is 28.3. The molecule has 1 atom stereocenters. The second kappa shape index (κ2) is 5.95. The maximum atomic E-state index is 13.1. The second-order valence-corrected chi connectivity index (χ2v) is 6.30. The predicted molar refractivity (Wildman–Crippen MR) is 88.3 cm³/mol. The van der Waals surface area contributed by atoms with Crippen LogP contribution in [0.3, 0.4) is 0 Å². The fourth-order valence-electron chi connectivity index (χ4n) is 3.10. The number of allylic oxidation sites excluding steroid dienone is 1. The van der Waals surface area contributed by atoms with Gasteiger partial charge in [0.25, 0.3) is 5.91 Å². The Kier molecular flexibility index (Phi) is 4.40.